The molecular weight excluding hydrogens is 324 g/mol. The molecule has 2 aliphatic heterocycles. The van der Waals surface area contributed by atoms with Crippen molar-refractivity contribution < 1.29 is 13.2 Å². The Bertz CT molecular complexity index is 782. The minimum atomic E-state index is -3.43. The van der Waals surface area contributed by atoms with Gasteiger partial charge in [-0.2, -0.15) is 4.31 Å². The maximum atomic E-state index is 13.0. The Kier molecular flexibility index (Phi) is 4.02. The summed E-state index contributed by atoms with van der Waals surface area (Å²) in [6.45, 7) is 0. The summed E-state index contributed by atoms with van der Waals surface area (Å²) in [6, 6.07) is 12.5. The Morgan fingerprint density at radius 3 is 2.21 bits per heavy atom. The van der Waals surface area contributed by atoms with Crippen molar-refractivity contribution in [3.8, 4) is 5.75 Å². The van der Waals surface area contributed by atoms with Gasteiger partial charge in [0, 0.05) is 37.3 Å². The van der Waals surface area contributed by atoms with Gasteiger partial charge in [0.2, 0.25) is 10.0 Å². The first-order valence-corrected chi connectivity index (χ1v) is 9.74. The lowest BCUT2D eigenvalue weighted by molar-refractivity contribution is 0.0956. The normalized spacial score (nSPS) is 27.1. The Labute approximate surface area is 142 Å². The van der Waals surface area contributed by atoms with Crippen molar-refractivity contribution in [1.29, 1.82) is 0 Å². The van der Waals surface area contributed by atoms with Gasteiger partial charge in [-0.15, -0.1) is 0 Å². The van der Waals surface area contributed by atoms with Crippen LogP contribution >= 0.6 is 0 Å². The summed E-state index contributed by atoms with van der Waals surface area (Å²) in [6.07, 6.45) is 6.78. The second kappa shape index (κ2) is 6.18. The molecular formula is C18H20N2O3S. The van der Waals surface area contributed by atoms with Crippen molar-refractivity contribution in [2.24, 2.45) is 0 Å². The van der Waals surface area contributed by atoms with Gasteiger partial charge >= 0.3 is 0 Å². The fourth-order valence-electron chi connectivity index (χ4n) is 3.90. The number of fused-ring (bicyclic) bond motifs is 2. The van der Waals surface area contributed by atoms with Crippen molar-refractivity contribution in [3.05, 3.63) is 54.9 Å². The quantitative estimate of drug-likeness (QED) is 0.856. The number of hydrogen-bond acceptors (Lipinski definition) is 4. The Hall–Kier alpha value is -1.92. The lowest BCUT2D eigenvalue weighted by atomic mass is 10.0. The zero-order valence-corrected chi connectivity index (χ0v) is 14.1. The highest BCUT2D eigenvalue weighted by molar-refractivity contribution is 7.89. The Balaban J connectivity index is 1.53. The first-order valence-electron chi connectivity index (χ1n) is 8.30. The van der Waals surface area contributed by atoms with Crippen molar-refractivity contribution >= 4 is 10.0 Å². The van der Waals surface area contributed by atoms with Crippen LogP contribution in [0.3, 0.4) is 0 Å². The SMILES string of the molecule is O=S(=O)(c1ccccc1)N1C2CCC1CC(Oc1ccncc1)C2. The van der Waals surface area contributed by atoms with E-state index in [-0.39, 0.29) is 18.2 Å². The number of sulfonamides is 1. The van der Waals surface area contributed by atoms with E-state index in [1.807, 2.05) is 18.2 Å². The number of hydrogen-bond donors (Lipinski definition) is 0. The van der Waals surface area contributed by atoms with E-state index in [4.69, 9.17) is 4.74 Å². The van der Waals surface area contributed by atoms with Crippen LogP contribution in [0.4, 0.5) is 0 Å². The van der Waals surface area contributed by atoms with Crippen LogP contribution in [0.1, 0.15) is 25.7 Å². The Morgan fingerprint density at radius 1 is 0.958 bits per heavy atom. The molecule has 2 unspecified atom stereocenters. The average Bonchev–Trinajstić information content (AvgIpc) is 2.89. The highest BCUT2D eigenvalue weighted by Gasteiger charge is 2.47. The molecule has 6 heteroatoms. The van der Waals surface area contributed by atoms with Crippen molar-refractivity contribution in [2.45, 2.75) is 48.8 Å². The van der Waals surface area contributed by atoms with Crippen molar-refractivity contribution in [3.63, 3.8) is 0 Å². The van der Waals surface area contributed by atoms with Crippen LogP contribution in [0.25, 0.3) is 0 Å². The van der Waals surface area contributed by atoms with Crippen molar-refractivity contribution in [2.75, 3.05) is 0 Å². The van der Waals surface area contributed by atoms with E-state index < -0.39 is 10.0 Å². The van der Waals surface area contributed by atoms with Gasteiger partial charge in [0.15, 0.2) is 0 Å². The molecule has 2 bridgehead atoms. The summed E-state index contributed by atoms with van der Waals surface area (Å²) in [4.78, 5) is 4.38. The fourth-order valence-corrected chi connectivity index (χ4v) is 5.81. The molecule has 5 nitrogen and oxygen atoms in total. The zero-order valence-electron chi connectivity index (χ0n) is 13.3. The predicted molar refractivity (Wildman–Crippen MR) is 90.2 cm³/mol. The summed E-state index contributed by atoms with van der Waals surface area (Å²) < 4.78 is 33.8. The molecule has 2 saturated heterocycles. The maximum absolute atomic E-state index is 13.0. The molecule has 0 aliphatic carbocycles. The molecule has 1 aromatic heterocycles. The molecule has 2 aliphatic rings. The summed E-state index contributed by atoms with van der Waals surface area (Å²) in [5, 5.41) is 0. The summed E-state index contributed by atoms with van der Waals surface area (Å²) in [5.74, 6) is 0.800. The number of ether oxygens (including phenoxy) is 1. The third kappa shape index (κ3) is 2.80. The number of aromatic nitrogens is 1. The maximum Gasteiger partial charge on any atom is 0.243 e. The van der Waals surface area contributed by atoms with Gasteiger partial charge < -0.3 is 4.74 Å². The lowest BCUT2D eigenvalue weighted by Gasteiger charge is -2.37. The third-order valence-electron chi connectivity index (χ3n) is 4.89. The van der Waals surface area contributed by atoms with Gasteiger partial charge in [-0.05, 0) is 37.1 Å². The van der Waals surface area contributed by atoms with E-state index in [0.717, 1.165) is 31.4 Å². The second-order valence-corrected chi connectivity index (χ2v) is 8.27. The zero-order chi connectivity index (χ0) is 16.6. The molecule has 3 heterocycles. The second-order valence-electron chi connectivity index (χ2n) is 6.43. The minimum absolute atomic E-state index is 0.0285. The Morgan fingerprint density at radius 2 is 1.58 bits per heavy atom. The molecule has 4 rings (SSSR count). The average molecular weight is 344 g/mol. The molecule has 0 N–H and O–H groups in total. The van der Waals surface area contributed by atoms with Gasteiger partial charge in [0.25, 0.3) is 0 Å². The van der Waals surface area contributed by atoms with E-state index in [1.165, 1.54) is 0 Å². The van der Waals surface area contributed by atoms with E-state index in [9.17, 15) is 8.42 Å². The molecule has 2 fully saturated rings. The van der Waals surface area contributed by atoms with Gasteiger partial charge in [0.05, 0.1) is 4.90 Å². The van der Waals surface area contributed by atoms with E-state index in [2.05, 4.69) is 4.98 Å². The first kappa shape index (κ1) is 15.6. The number of nitrogens with zero attached hydrogens (tertiary/aromatic N) is 2. The van der Waals surface area contributed by atoms with E-state index >= 15 is 0 Å². The van der Waals surface area contributed by atoms with E-state index in [0.29, 0.717) is 4.90 Å². The molecule has 0 saturated carbocycles. The van der Waals surface area contributed by atoms with Crippen LogP contribution in [0.2, 0.25) is 0 Å². The molecule has 24 heavy (non-hydrogen) atoms. The summed E-state index contributed by atoms with van der Waals surface area (Å²) in [5.41, 5.74) is 0. The van der Waals surface area contributed by atoms with Gasteiger partial charge in [-0.3, -0.25) is 4.98 Å². The number of piperidine rings is 1. The molecule has 0 amide bonds. The van der Waals surface area contributed by atoms with Crippen LogP contribution in [0.15, 0.2) is 59.8 Å². The smallest absolute Gasteiger partial charge is 0.243 e. The number of pyridine rings is 1. The van der Waals surface area contributed by atoms with Crippen LogP contribution in [-0.4, -0.2) is 35.9 Å². The van der Waals surface area contributed by atoms with Gasteiger partial charge in [0.1, 0.15) is 11.9 Å². The van der Waals surface area contributed by atoms with E-state index in [1.54, 1.807) is 41.0 Å². The minimum Gasteiger partial charge on any atom is -0.490 e. The van der Waals surface area contributed by atoms with Crippen LogP contribution < -0.4 is 4.74 Å². The van der Waals surface area contributed by atoms with Crippen LogP contribution in [0, 0.1) is 0 Å². The molecule has 126 valence electrons. The molecule has 2 aromatic rings. The number of rotatable bonds is 4. The highest BCUT2D eigenvalue weighted by Crippen LogP contribution is 2.40. The highest BCUT2D eigenvalue weighted by atomic mass is 32.2. The van der Waals surface area contributed by atoms with Crippen LogP contribution in [-0.2, 0) is 10.0 Å². The standard InChI is InChI=1S/C18H20N2O3S/c21-24(22,18-4-2-1-3-5-18)20-14-6-7-15(20)13-17(12-14)23-16-8-10-19-11-9-16/h1-5,8-11,14-15,17H,6-7,12-13H2. The molecule has 0 spiro atoms. The summed E-state index contributed by atoms with van der Waals surface area (Å²) in [7, 11) is -3.43. The molecule has 2 atom stereocenters. The topological polar surface area (TPSA) is 59.5 Å². The largest absolute Gasteiger partial charge is 0.490 e. The first-order chi connectivity index (χ1) is 11.6. The number of benzene rings is 1. The van der Waals surface area contributed by atoms with Gasteiger partial charge in [-0.1, -0.05) is 18.2 Å². The van der Waals surface area contributed by atoms with Crippen LogP contribution in [0.5, 0.6) is 5.75 Å². The molecule has 0 radical (unpaired) electrons. The molecule has 1 aromatic carbocycles. The monoisotopic (exact) mass is 344 g/mol. The third-order valence-corrected chi connectivity index (χ3v) is 6.91. The summed E-state index contributed by atoms with van der Waals surface area (Å²) >= 11 is 0. The predicted octanol–water partition coefficient (Wildman–Crippen LogP) is 2.84. The van der Waals surface area contributed by atoms with Gasteiger partial charge in [-0.25, -0.2) is 8.42 Å². The lowest BCUT2D eigenvalue weighted by Crippen LogP contribution is -2.49. The van der Waals surface area contributed by atoms with Crippen molar-refractivity contribution in [1.82, 2.24) is 9.29 Å². The fraction of sp³-hybridized carbons (Fsp3) is 0.389.